The van der Waals surface area contributed by atoms with E-state index in [0.29, 0.717) is 5.92 Å². The number of hydrazine groups is 1. The Morgan fingerprint density at radius 1 is 1.42 bits per heavy atom. The Labute approximate surface area is 111 Å². The van der Waals surface area contributed by atoms with Crippen molar-refractivity contribution >= 4 is 23.1 Å². The number of anilines is 1. The molecule has 5 heteroatoms. The first kappa shape index (κ1) is 10.8. The average molecular weight is 255 g/mol. The van der Waals surface area contributed by atoms with E-state index in [4.69, 9.17) is 0 Å². The first-order chi connectivity index (χ1) is 9.33. The van der Waals surface area contributed by atoms with E-state index in [9.17, 15) is 0 Å². The second-order valence-electron chi connectivity index (χ2n) is 5.38. The number of hydrogen-bond acceptors (Lipinski definition) is 4. The smallest absolute Gasteiger partial charge is 0.104 e. The molecular formula is C14H17N5. The normalized spacial score (nSPS) is 18.5. The van der Waals surface area contributed by atoms with Crippen molar-refractivity contribution in [3.8, 4) is 0 Å². The molecule has 1 saturated carbocycles. The van der Waals surface area contributed by atoms with Crippen molar-refractivity contribution in [3.63, 3.8) is 0 Å². The summed E-state index contributed by atoms with van der Waals surface area (Å²) in [6.07, 6.45) is 6.23. The molecule has 1 aromatic carbocycles. The Hall–Kier alpha value is -2.04. The van der Waals surface area contributed by atoms with Gasteiger partial charge in [-0.1, -0.05) is 0 Å². The first-order valence-corrected chi connectivity index (χ1v) is 6.83. The molecule has 2 N–H and O–H groups in total. The van der Waals surface area contributed by atoms with Gasteiger partial charge in [-0.05, 0) is 37.3 Å². The molecule has 0 atom stereocenters. The third kappa shape index (κ3) is 1.77. The van der Waals surface area contributed by atoms with Gasteiger partial charge in [0.25, 0.3) is 0 Å². The molecule has 5 nitrogen and oxygen atoms in total. The predicted octanol–water partition coefficient (Wildman–Crippen LogP) is 2.42. The Balaban J connectivity index is 1.83. The zero-order valence-corrected chi connectivity index (χ0v) is 11.0. The van der Waals surface area contributed by atoms with Crippen molar-refractivity contribution in [2.24, 2.45) is 4.99 Å². The molecule has 0 saturated heterocycles. The third-order valence-corrected chi connectivity index (χ3v) is 3.87. The first-order valence-electron chi connectivity index (χ1n) is 6.83. The SMILES string of the molecule is Cc1cc(NN2C=NCC2)c(C2CC2)c2[nH]cnc12. The number of aromatic nitrogens is 2. The summed E-state index contributed by atoms with van der Waals surface area (Å²) in [5.74, 6) is 0.672. The van der Waals surface area contributed by atoms with E-state index < -0.39 is 0 Å². The van der Waals surface area contributed by atoms with Crippen LogP contribution in [0.15, 0.2) is 17.4 Å². The van der Waals surface area contributed by atoms with Gasteiger partial charge in [-0.25, -0.2) is 4.98 Å². The molecule has 0 unspecified atom stereocenters. The van der Waals surface area contributed by atoms with Gasteiger partial charge in [-0.3, -0.25) is 15.4 Å². The number of aryl methyl sites for hydroxylation is 1. The predicted molar refractivity (Wildman–Crippen MR) is 76.5 cm³/mol. The Bertz CT molecular complexity index is 653. The molecule has 1 aliphatic heterocycles. The van der Waals surface area contributed by atoms with Gasteiger partial charge in [0.05, 0.1) is 36.1 Å². The summed E-state index contributed by atoms with van der Waals surface area (Å²) in [6.45, 7) is 3.92. The number of aromatic amines is 1. The number of aliphatic imine (C=N–C) groups is 1. The number of imidazole rings is 1. The quantitative estimate of drug-likeness (QED) is 0.885. The standard InChI is InChI=1S/C14H17N5/c1-9-6-11(18-19-5-4-15-8-19)12(10-2-3-10)14-13(9)16-7-17-14/h6-8,10,18H,2-5H2,1H3,(H,16,17). The van der Waals surface area contributed by atoms with Crippen LogP contribution in [0.4, 0.5) is 5.69 Å². The summed E-state index contributed by atoms with van der Waals surface area (Å²) in [7, 11) is 0. The fourth-order valence-electron chi connectivity index (χ4n) is 2.80. The summed E-state index contributed by atoms with van der Waals surface area (Å²) in [5.41, 5.74) is 9.58. The largest absolute Gasteiger partial charge is 0.344 e. The van der Waals surface area contributed by atoms with Crippen molar-refractivity contribution in [2.45, 2.75) is 25.7 Å². The molecule has 0 amide bonds. The number of hydrogen-bond donors (Lipinski definition) is 2. The Morgan fingerprint density at radius 3 is 3.05 bits per heavy atom. The summed E-state index contributed by atoms with van der Waals surface area (Å²) < 4.78 is 0. The molecule has 1 aromatic heterocycles. The summed E-state index contributed by atoms with van der Waals surface area (Å²) >= 11 is 0. The maximum atomic E-state index is 4.44. The molecule has 0 bridgehead atoms. The van der Waals surface area contributed by atoms with E-state index in [1.54, 1.807) is 6.33 Å². The second kappa shape index (κ2) is 3.98. The van der Waals surface area contributed by atoms with Crippen LogP contribution >= 0.6 is 0 Å². The third-order valence-electron chi connectivity index (χ3n) is 3.87. The van der Waals surface area contributed by atoms with E-state index in [1.807, 2.05) is 6.34 Å². The number of nitrogens with zero attached hydrogens (tertiary/aromatic N) is 3. The van der Waals surface area contributed by atoms with E-state index >= 15 is 0 Å². The van der Waals surface area contributed by atoms with Crippen molar-refractivity contribution < 1.29 is 0 Å². The molecule has 19 heavy (non-hydrogen) atoms. The van der Waals surface area contributed by atoms with Crippen LogP contribution in [0.5, 0.6) is 0 Å². The monoisotopic (exact) mass is 255 g/mol. The summed E-state index contributed by atoms with van der Waals surface area (Å²) in [5, 5.41) is 2.06. The minimum absolute atomic E-state index is 0.672. The molecule has 0 spiro atoms. The molecule has 2 aliphatic rings. The molecule has 1 fully saturated rings. The number of fused-ring (bicyclic) bond motifs is 1. The van der Waals surface area contributed by atoms with Gasteiger partial charge in [-0.15, -0.1) is 0 Å². The van der Waals surface area contributed by atoms with Gasteiger partial charge in [0, 0.05) is 5.56 Å². The fraction of sp³-hybridized carbons (Fsp3) is 0.429. The zero-order valence-electron chi connectivity index (χ0n) is 11.0. The highest BCUT2D eigenvalue weighted by atomic mass is 15.5. The van der Waals surface area contributed by atoms with Gasteiger partial charge >= 0.3 is 0 Å². The molecular weight excluding hydrogens is 238 g/mol. The van der Waals surface area contributed by atoms with E-state index in [-0.39, 0.29) is 0 Å². The number of H-pyrrole nitrogens is 1. The fourth-order valence-corrected chi connectivity index (χ4v) is 2.80. The molecule has 4 rings (SSSR count). The van der Waals surface area contributed by atoms with E-state index in [2.05, 4.69) is 38.4 Å². The minimum Gasteiger partial charge on any atom is -0.344 e. The van der Waals surface area contributed by atoms with E-state index in [1.165, 1.54) is 35.2 Å². The second-order valence-corrected chi connectivity index (χ2v) is 5.38. The van der Waals surface area contributed by atoms with Gasteiger partial charge in [0.1, 0.15) is 6.34 Å². The maximum Gasteiger partial charge on any atom is 0.104 e. The molecule has 1 aliphatic carbocycles. The lowest BCUT2D eigenvalue weighted by atomic mass is 10.0. The Morgan fingerprint density at radius 2 is 2.32 bits per heavy atom. The van der Waals surface area contributed by atoms with Crippen molar-refractivity contribution in [1.29, 1.82) is 0 Å². The van der Waals surface area contributed by atoms with Crippen LogP contribution in [0, 0.1) is 6.92 Å². The summed E-state index contributed by atoms with van der Waals surface area (Å²) in [6, 6.07) is 2.21. The molecule has 2 aromatic rings. The molecule has 0 radical (unpaired) electrons. The highest BCUT2D eigenvalue weighted by Crippen LogP contribution is 2.46. The van der Waals surface area contributed by atoms with Crippen LogP contribution in [0.2, 0.25) is 0 Å². The van der Waals surface area contributed by atoms with Crippen LogP contribution in [0.3, 0.4) is 0 Å². The average Bonchev–Trinajstić information content (AvgIpc) is 2.90. The van der Waals surface area contributed by atoms with Crippen molar-refractivity contribution in [2.75, 3.05) is 18.5 Å². The van der Waals surface area contributed by atoms with E-state index in [0.717, 1.165) is 18.6 Å². The highest BCUT2D eigenvalue weighted by molar-refractivity contribution is 5.88. The lowest BCUT2D eigenvalue weighted by Crippen LogP contribution is -2.27. The van der Waals surface area contributed by atoms with Crippen LogP contribution in [0.25, 0.3) is 11.0 Å². The van der Waals surface area contributed by atoms with Crippen LogP contribution in [0.1, 0.15) is 29.9 Å². The van der Waals surface area contributed by atoms with Crippen LogP contribution < -0.4 is 5.43 Å². The Kier molecular flexibility index (Phi) is 2.27. The maximum absolute atomic E-state index is 4.44. The lowest BCUT2D eigenvalue weighted by molar-refractivity contribution is 0.556. The number of benzene rings is 1. The van der Waals surface area contributed by atoms with Crippen LogP contribution in [-0.4, -0.2) is 34.4 Å². The number of nitrogens with one attached hydrogen (secondary N) is 2. The lowest BCUT2D eigenvalue weighted by Gasteiger charge is -2.20. The van der Waals surface area contributed by atoms with Gasteiger partial charge in [0.2, 0.25) is 0 Å². The summed E-state index contributed by atoms with van der Waals surface area (Å²) in [4.78, 5) is 12.0. The molecule has 98 valence electrons. The van der Waals surface area contributed by atoms with Gasteiger partial charge < -0.3 is 4.98 Å². The number of rotatable bonds is 3. The molecule has 2 heterocycles. The van der Waals surface area contributed by atoms with Crippen molar-refractivity contribution in [3.05, 3.63) is 23.5 Å². The zero-order chi connectivity index (χ0) is 12.8. The van der Waals surface area contributed by atoms with Gasteiger partial charge in [0.15, 0.2) is 0 Å². The topological polar surface area (TPSA) is 56.3 Å². The van der Waals surface area contributed by atoms with Crippen molar-refractivity contribution in [1.82, 2.24) is 15.0 Å². The van der Waals surface area contributed by atoms with Gasteiger partial charge in [-0.2, -0.15) is 0 Å². The minimum atomic E-state index is 0.672. The van der Waals surface area contributed by atoms with Crippen LogP contribution in [-0.2, 0) is 0 Å². The highest BCUT2D eigenvalue weighted by Gasteiger charge is 2.30.